The molecule has 0 bridgehead atoms. The normalized spacial score (nSPS) is 17.2. The number of nitrogens with one attached hydrogen (secondary N) is 1. The average molecular weight is 501 g/mol. The molecule has 2 aliphatic heterocycles. The monoisotopic (exact) mass is 500 g/mol. The lowest BCUT2D eigenvalue weighted by Crippen LogP contribution is -2.45. The van der Waals surface area contributed by atoms with Gasteiger partial charge >= 0.3 is 6.18 Å². The van der Waals surface area contributed by atoms with Gasteiger partial charge in [-0.25, -0.2) is 9.97 Å². The molecule has 0 saturated carbocycles. The van der Waals surface area contributed by atoms with Crippen LogP contribution in [0.3, 0.4) is 0 Å². The Bertz CT molecular complexity index is 1220. The molecule has 11 heteroatoms. The summed E-state index contributed by atoms with van der Waals surface area (Å²) in [6.45, 7) is 5.84. The Kier molecular flexibility index (Phi) is 6.74. The van der Waals surface area contributed by atoms with Crippen molar-refractivity contribution in [1.82, 2.24) is 19.9 Å². The third kappa shape index (κ3) is 5.40. The number of nitrogens with zero attached hydrogens (tertiary/aromatic N) is 6. The van der Waals surface area contributed by atoms with Crippen molar-refractivity contribution in [2.45, 2.75) is 25.4 Å². The van der Waals surface area contributed by atoms with Crippen molar-refractivity contribution in [3.63, 3.8) is 0 Å². The van der Waals surface area contributed by atoms with Crippen molar-refractivity contribution in [3.8, 4) is 0 Å². The summed E-state index contributed by atoms with van der Waals surface area (Å²) in [4.78, 5) is 21.0. The number of pyridine rings is 1. The van der Waals surface area contributed by atoms with Gasteiger partial charge in [-0.05, 0) is 56.1 Å². The van der Waals surface area contributed by atoms with Gasteiger partial charge in [0.15, 0.2) is 0 Å². The largest absolute Gasteiger partial charge is 0.416 e. The van der Waals surface area contributed by atoms with E-state index in [0.717, 1.165) is 81.0 Å². The second-order valence-electron chi connectivity index (χ2n) is 9.55. The highest BCUT2D eigenvalue weighted by molar-refractivity contribution is 5.91. The van der Waals surface area contributed by atoms with Crippen molar-refractivity contribution in [2.75, 3.05) is 73.7 Å². The first-order chi connectivity index (χ1) is 17.3. The molecule has 2 saturated heterocycles. The molecule has 0 aliphatic carbocycles. The van der Waals surface area contributed by atoms with Gasteiger partial charge in [-0.3, -0.25) is 0 Å². The number of hydrogen-bond donors (Lipinski definition) is 2. The molecule has 0 atom stereocenters. The number of hydrogen-bond acceptors (Lipinski definition) is 8. The number of fused-ring (bicyclic) bond motifs is 1. The molecule has 2 fully saturated rings. The van der Waals surface area contributed by atoms with E-state index in [-0.39, 0.29) is 5.69 Å². The van der Waals surface area contributed by atoms with Crippen LogP contribution in [0.15, 0.2) is 30.5 Å². The molecule has 0 unspecified atom stereocenters. The first kappa shape index (κ1) is 24.4. The van der Waals surface area contributed by atoms with E-state index in [2.05, 4.69) is 32.0 Å². The van der Waals surface area contributed by atoms with Crippen molar-refractivity contribution in [3.05, 3.63) is 41.6 Å². The predicted molar refractivity (Wildman–Crippen MR) is 137 cm³/mol. The molecule has 192 valence electrons. The summed E-state index contributed by atoms with van der Waals surface area (Å²) in [7, 11) is 2.09. The Balaban J connectivity index is 1.42. The molecule has 4 heterocycles. The summed E-state index contributed by atoms with van der Waals surface area (Å²) >= 11 is 0. The number of nitrogens with two attached hydrogens (primary N) is 1. The molecule has 36 heavy (non-hydrogen) atoms. The molecule has 1 aromatic carbocycles. The highest BCUT2D eigenvalue weighted by Gasteiger charge is 2.31. The maximum Gasteiger partial charge on any atom is 0.416 e. The smallest absolute Gasteiger partial charge is 0.399 e. The number of halogens is 3. The van der Waals surface area contributed by atoms with E-state index in [0.29, 0.717) is 30.3 Å². The number of likely N-dealkylation sites (N-methyl/N-ethyl adjacent to an activating group) is 1. The quantitative estimate of drug-likeness (QED) is 0.497. The molecular weight excluding hydrogens is 469 g/mol. The van der Waals surface area contributed by atoms with Crippen LogP contribution in [0.2, 0.25) is 0 Å². The Labute approximate surface area is 208 Å². The average Bonchev–Trinajstić information content (AvgIpc) is 3.38. The van der Waals surface area contributed by atoms with Crippen molar-refractivity contribution < 1.29 is 13.2 Å². The number of anilines is 4. The second-order valence-corrected chi connectivity index (χ2v) is 9.55. The Morgan fingerprint density at radius 2 is 1.69 bits per heavy atom. The minimum absolute atomic E-state index is 0.103. The molecule has 0 spiro atoms. The highest BCUT2D eigenvalue weighted by Crippen LogP contribution is 2.32. The van der Waals surface area contributed by atoms with Crippen LogP contribution in [0.25, 0.3) is 10.9 Å². The van der Waals surface area contributed by atoms with E-state index < -0.39 is 11.7 Å². The predicted octanol–water partition coefficient (Wildman–Crippen LogP) is 3.63. The van der Waals surface area contributed by atoms with Crippen molar-refractivity contribution in [2.24, 2.45) is 0 Å². The Hall–Kier alpha value is -3.34. The summed E-state index contributed by atoms with van der Waals surface area (Å²) in [6.07, 6.45) is 0.0147. The molecule has 5 rings (SSSR count). The molecule has 2 aromatic heterocycles. The Morgan fingerprint density at radius 3 is 2.42 bits per heavy atom. The lowest BCUT2D eigenvalue weighted by Gasteiger charge is -2.32. The third-order valence-electron chi connectivity index (χ3n) is 6.82. The van der Waals surface area contributed by atoms with Crippen LogP contribution >= 0.6 is 0 Å². The van der Waals surface area contributed by atoms with Gasteiger partial charge in [0.2, 0.25) is 5.95 Å². The third-order valence-corrected chi connectivity index (χ3v) is 6.82. The van der Waals surface area contributed by atoms with E-state index in [1.165, 1.54) is 0 Å². The van der Waals surface area contributed by atoms with Gasteiger partial charge in [0, 0.05) is 56.9 Å². The maximum absolute atomic E-state index is 13.2. The summed E-state index contributed by atoms with van der Waals surface area (Å²) in [5, 5.41) is 4.22. The van der Waals surface area contributed by atoms with Crippen LogP contribution in [-0.2, 0) is 12.6 Å². The van der Waals surface area contributed by atoms with E-state index in [1.54, 1.807) is 12.3 Å². The molecule has 2 aliphatic rings. The van der Waals surface area contributed by atoms with E-state index in [1.807, 2.05) is 6.07 Å². The topological polar surface area (TPSA) is 86.4 Å². The lowest BCUT2D eigenvalue weighted by molar-refractivity contribution is -0.137. The van der Waals surface area contributed by atoms with Crippen LogP contribution in [-0.4, -0.2) is 72.7 Å². The molecular formula is C25H31F3N8. The van der Waals surface area contributed by atoms with E-state index in [4.69, 9.17) is 15.7 Å². The minimum Gasteiger partial charge on any atom is -0.399 e. The number of nitrogen functional groups attached to an aromatic ring is 1. The number of piperazine rings is 1. The van der Waals surface area contributed by atoms with Crippen molar-refractivity contribution in [1.29, 1.82) is 0 Å². The zero-order valence-electron chi connectivity index (χ0n) is 20.4. The fourth-order valence-corrected chi connectivity index (χ4v) is 4.76. The van der Waals surface area contributed by atoms with Crippen LogP contribution in [0, 0.1) is 0 Å². The van der Waals surface area contributed by atoms with Gasteiger partial charge in [-0.1, -0.05) is 0 Å². The minimum atomic E-state index is -4.43. The first-order valence-corrected chi connectivity index (χ1v) is 12.3. The fourth-order valence-electron chi connectivity index (χ4n) is 4.76. The number of alkyl halides is 3. The van der Waals surface area contributed by atoms with Gasteiger partial charge in [-0.2, -0.15) is 18.2 Å². The molecule has 8 nitrogen and oxygen atoms in total. The highest BCUT2D eigenvalue weighted by atomic mass is 19.4. The SMILES string of the molecule is CN1CCN(c2nc(NCCc3cc(N)cc(C(F)(F)F)c3)c3cc(N4CCCC4)ncc3n2)CC1. The molecule has 3 aromatic rings. The zero-order valence-corrected chi connectivity index (χ0v) is 20.4. The molecule has 3 N–H and O–H groups in total. The second kappa shape index (κ2) is 9.96. The van der Waals surface area contributed by atoms with Gasteiger partial charge in [0.05, 0.1) is 17.3 Å². The van der Waals surface area contributed by atoms with Crippen LogP contribution < -0.4 is 20.9 Å². The lowest BCUT2D eigenvalue weighted by atomic mass is 10.1. The summed E-state index contributed by atoms with van der Waals surface area (Å²) in [6, 6.07) is 5.71. The van der Waals surface area contributed by atoms with Crippen LogP contribution in [0.1, 0.15) is 24.0 Å². The van der Waals surface area contributed by atoms with Gasteiger partial charge in [0.1, 0.15) is 11.6 Å². The Morgan fingerprint density at radius 1 is 0.944 bits per heavy atom. The standard InChI is InChI=1S/C25H31F3N8/c1-34-8-10-36(11-9-34)24-32-21-16-31-22(35-6-2-3-7-35)15-20(21)23(33-24)30-5-4-17-12-18(25(26,27)28)14-19(29)13-17/h12-16H,2-11,29H2,1H3,(H,30,32,33). The molecule has 0 radical (unpaired) electrons. The summed E-state index contributed by atoms with van der Waals surface area (Å²) in [5.41, 5.74) is 6.37. The van der Waals surface area contributed by atoms with Crippen LogP contribution in [0.4, 0.5) is 36.4 Å². The van der Waals surface area contributed by atoms with E-state index >= 15 is 0 Å². The van der Waals surface area contributed by atoms with Gasteiger partial charge in [0.25, 0.3) is 0 Å². The van der Waals surface area contributed by atoms with E-state index in [9.17, 15) is 13.2 Å². The number of aromatic nitrogens is 3. The van der Waals surface area contributed by atoms with Gasteiger partial charge in [-0.15, -0.1) is 0 Å². The fraction of sp³-hybridized carbons (Fsp3) is 0.480. The van der Waals surface area contributed by atoms with Crippen molar-refractivity contribution >= 4 is 34.2 Å². The maximum atomic E-state index is 13.2. The first-order valence-electron chi connectivity index (χ1n) is 12.3. The molecule has 0 amide bonds. The summed E-state index contributed by atoms with van der Waals surface area (Å²) in [5.74, 6) is 2.19. The zero-order chi connectivity index (χ0) is 25.3. The number of rotatable bonds is 6. The van der Waals surface area contributed by atoms with Crippen LogP contribution in [0.5, 0.6) is 0 Å². The summed E-state index contributed by atoms with van der Waals surface area (Å²) < 4.78 is 39.6. The van der Waals surface area contributed by atoms with Gasteiger partial charge < -0.3 is 25.8 Å². The number of benzene rings is 1.